The van der Waals surface area contributed by atoms with Crippen LogP contribution in [0.15, 0.2) is 30.3 Å². The molecule has 0 spiro atoms. The lowest BCUT2D eigenvalue weighted by Gasteiger charge is -2.05. The molecule has 1 heterocycles. The lowest BCUT2D eigenvalue weighted by atomic mass is 10.0. The Morgan fingerprint density at radius 2 is 1.92 bits per heavy atom. The third kappa shape index (κ3) is 1.47. The Morgan fingerprint density at radius 3 is 2.38 bits per heavy atom. The van der Waals surface area contributed by atoms with E-state index in [4.69, 9.17) is 16.3 Å². The van der Waals surface area contributed by atoms with E-state index in [1.54, 1.807) is 0 Å². The third-order valence-corrected chi connectivity index (χ3v) is 2.90. The summed E-state index contributed by atoms with van der Waals surface area (Å²) in [6.45, 7) is 4.25. The van der Waals surface area contributed by atoms with Crippen LogP contribution in [-0.4, -0.2) is 6.10 Å². The minimum absolute atomic E-state index is 0.163. The van der Waals surface area contributed by atoms with Gasteiger partial charge in [-0.15, -0.1) is 0 Å². The Kier molecular flexibility index (Phi) is 2.09. The van der Waals surface area contributed by atoms with Gasteiger partial charge in [0.1, 0.15) is 6.10 Å². The minimum Gasteiger partial charge on any atom is -0.344 e. The van der Waals surface area contributed by atoms with Crippen molar-refractivity contribution in [3.63, 3.8) is 0 Å². The number of ether oxygens (including phenoxy) is 1. The predicted molar refractivity (Wildman–Crippen MR) is 53.7 cm³/mol. The standard InChI is InChI=1S/C11H13ClO/c1-8(2)10-11(12,13-10)9-6-4-3-5-7-9/h3-8,10H,1-2H3. The number of rotatable bonds is 2. The quantitative estimate of drug-likeness (QED) is 0.523. The summed E-state index contributed by atoms with van der Waals surface area (Å²) in [5.74, 6) is 0.470. The summed E-state index contributed by atoms with van der Waals surface area (Å²) in [5.41, 5.74) is 1.07. The van der Waals surface area contributed by atoms with Gasteiger partial charge in [0.2, 0.25) is 0 Å². The molecule has 0 N–H and O–H groups in total. The fraction of sp³-hybridized carbons (Fsp3) is 0.455. The van der Waals surface area contributed by atoms with Crippen LogP contribution in [0.4, 0.5) is 0 Å². The number of halogens is 1. The van der Waals surface area contributed by atoms with E-state index >= 15 is 0 Å². The first-order chi connectivity index (χ1) is 6.14. The zero-order valence-corrected chi connectivity index (χ0v) is 8.58. The maximum Gasteiger partial charge on any atom is 0.194 e. The molecule has 0 aromatic heterocycles. The van der Waals surface area contributed by atoms with Crippen LogP contribution in [0, 0.1) is 5.92 Å². The number of hydrogen-bond donors (Lipinski definition) is 0. The van der Waals surface area contributed by atoms with E-state index in [0.717, 1.165) is 5.56 Å². The van der Waals surface area contributed by atoms with E-state index in [1.165, 1.54) is 0 Å². The van der Waals surface area contributed by atoms with Crippen molar-refractivity contribution in [1.82, 2.24) is 0 Å². The van der Waals surface area contributed by atoms with Gasteiger partial charge in [-0.3, -0.25) is 0 Å². The van der Waals surface area contributed by atoms with Crippen LogP contribution >= 0.6 is 11.6 Å². The van der Waals surface area contributed by atoms with E-state index in [2.05, 4.69) is 13.8 Å². The Balaban J connectivity index is 2.21. The number of epoxide rings is 1. The van der Waals surface area contributed by atoms with E-state index in [-0.39, 0.29) is 6.10 Å². The van der Waals surface area contributed by atoms with Crippen molar-refractivity contribution in [1.29, 1.82) is 0 Å². The van der Waals surface area contributed by atoms with Gasteiger partial charge in [-0.05, 0) is 5.92 Å². The van der Waals surface area contributed by atoms with E-state index in [9.17, 15) is 0 Å². The van der Waals surface area contributed by atoms with E-state index in [0.29, 0.717) is 5.92 Å². The van der Waals surface area contributed by atoms with Crippen LogP contribution in [0.2, 0.25) is 0 Å². The second-order valence-electron chi connectivity index (χ2n) is 3.79. The second-order valence-corrected chi connectivity index (χ2v) is 4.36. The summed E-state index contributed by atoms with van der Waals surface area (Å²) in [5, 5.41) is -0.546. The topological polar surface area (TPSA) is 12.5 Å². The monoisotopic (exact) mass is 196 g/mol. The maximum absolute atomic E-state index is 6.31. The smallest absolute Gasteiger partial charge is 0.194 e. The van der Waals surface area contributed by atoms with E-state index in [1.807, 2.05) is 30.3 Å². The highest BCUT2D eigenvalue weighted by Gasteiger charge is 2.57. The van der Waals surface area contributed by atoms with Crippen molar-refractivity contribution in [2.24, 2.45) is 5.92 Å². The molecule has 0 radical (unpaired) electrons. The van der Waals surface area contributed by atoms with Gasteiger partial charge in [0, 0.05) is 5.56 Å². The van der Waals surface area contributed by atoms with Crippen molar-refractivity contribution in [2.45, 2.75) is 25.0 Å². The molecule has 1 aromatic carbocycles. The number of benzene rings is 1. The highest BCUT2D eigenvalue weighted by Crippen LogP contribution is 2.53. The Hall–Kier alpha value is -0.530. The zero-order chi connectivity index (χ0) is 9.47. The molecule has 13 heavy (non-hydrogen) atoms. The van der Waals surface area contributed by atoms with Crippen LogP contribution in [0.1, 0.15) is 19.4 Å². The molecule has 0 saturated carbocycles. The summed E-state index contributed by atoms with van der Waals surface area (Å²) < 4.78 is 5.52. The van der Waals surface area contributed by atoms with Gasteiger partial charge in [-0.25, -0.2) is 0 Å². The first kappa shape index (κ1) is 9.04. The van der Waals surface area contributed by atoms with Gasteiger partial charge in [-0.1, -0.05) is 55.8 Å². The Labute approximate surface area is 83.7 Å². The summed E-state index contributed by atoms with van der Waals surface area (Å²) in [7, 11) is 0. The molecule has 0 bridgehead atoms. The van der Waals surface area contributed by atoms with E-state index < -0.39 is 5.06 Å². The van der Waals surface area contributed by atoms with Crippen molar-refractivity contribution in [3.8, 4) is 0 Å². The molecule has 0 aliphatic carbocycles. The maximum atomic E-state index is 6.31. The Bertz CT molecular complexity index is 296. The molecule has 1 aliphatic rings. The fourth-order valence-corrected chi connectivity index (χ4v) is 2.09. The van der Waals surface area contributed by atoms with Gasteiger partial charge < -0.3 is 4.74 Å². The molecule has 1 aliphatic heterocycles. The predicted octanol–water partition coefficient (Wildman–Crippen LogP) is 3.13. The molecule has 2 heteroatoms. The molecule has 1 saturated heterocycles. The number of hydrogen-bond acceptors (Lipinski definition) is 1. The molecule has 2 unspecified atom stereocenters. The summed E-state index contributed by atoms with van der Waals surface area (Å²) >= 11 is 6.31. The highest BCUT2D eigenvalue weighted by molar-refractivity contribution is 6.25. The first-order valence-electron chi connectivity index (χ1n) is 4.57. The van der Waals surface area contributed by atoms with Crippen LogP contribution in [0.3, 0.4) is 0 Å². The average Bonchev–Trinajstić information content (AvgIpc) is 2.82. The zero-order valence-electron chi connectivity index (χ0n) is 7.83. The first-order valence-corrected chi connectivity index (χ1v) is 4.94. The highest BCUT2D eigenvalue weighted by atomic mass is 35.5. The van der Waals surface area contributed by atoms with Crippen LogP contribution in [0.25, 0.3) is 0 Å². The molecule has 2 atom stereocenters. The molecule has 0 amide bonds. The average molecular weight is 197 g/mol. The molecule has 2 rings (SSSR count). The van der Waals surface area contributed by atoms with Gasteiger partial charge >= 0.3 is 0 Å². The summed E-state index contributed by atoms with van der Waals surface area (Å²) in [4.78, 5) is 0. The summed E-state index contributed by atoms with van der Waals surface area (Å²) in [6.07, 6.45) is 0.163. The third-order valence-electron chi connectivity index (χ3n) is 2.38. The molecule has 70 valence electrons. The lowest BCUT2D eigenvalue weighted by molar-refractivity contribution is 0.324. The molecular weight excluding hydrogens is 184 g/mol. The second kappa shape index (κ2) is 3.00. The number of alkyl halides is 1. The van der Waals surface area contributed by atoms with Gasteiger partial charge in [0.15, 0.2) is 5.06 Å². The van der Waals surface area contributed by atoms with Gasteiger partial charge in [-0.2, -0.15) is 0 Å². The van der Waals surface area contributed by atoms with Crippen LogP contribution in [-0.2, 0) is 9.80 Å². The van der Waals surface area contributed by atoms with Crippen molar-refractivity contribution in [2.75, 3.05) is 0 Å². The summed E-state index contributed by atoms with van der Waals surface area (Å²) in [6, 6.07) is 9.97. The SMILES string of the molecule is CC(C)C1OC1(Cl)c1ccccc1. The normalized spacial score (nSPS) is 32.2. The van der Waals surface area contributed by atoms with Crippen LogP contribution < -0.4 is 0 Å². The molecule has 1 nitrogen and oxygen atoms in total. The van der Waals surface area contributed by atoms with Crippen molar-refractivity contribution >= 4 is 11.6 Å². The largest absolute Gasteiger partial charge is 0.344 e. The van der Waals surface area contributed by atoms with Gasteiger partial charge in [0.05, 0.1) is 0 Å². The van der Waals surface area contributed by atoms with Gasteiger partial charge in [0.25, 0.3) is 0 Å². The molecule has 1 fully saturated rings. The molecular formula is C11H13ClO. The Morgan fingerprint density at radius 1 is 1.31 bits per heavy atom. The molecule has 1 aromatic rings. The fourth-order valence-electron chi connectivity index (χ4n) is 1.61. The van der Waals surface area contributed by atoms with Crippen molar-refractivity contribution < 1.29 is 4.74 Å². The lowest BCUT2D eigenvalue weighted by Crippen LogP contribution is -2.09. The van der Waals surface area contributed by atoms with Crippen molar-refractivity contribution in [3.05, 3.63) is 35.9 Å². The minimum atomic E-state index is -0.546. The van der Waals surface area contributed by atoms with Crippen LogP contribution in [0.5, 0.6) is 0 Å².